The normalized spacial score (nSPS) is 18.9. The van der Waals surface area contributed by atoms with Gasteiger partial charge in [-0.1, -0.05) is 35.0 Å². The van der Waals surface area contributed by atoms with Gasteiger partial charge in [-0.05, 0) is 30.0 Å². The molecule has 1 aliphatic rings. The van der Waals surface area contributed by atoms with Crippen LogP contribution in [0.2, 0.25) is 0 Å². The third-order valence-electron chi connectivity index (χ3n) is 3.46. The van der Waals surface area contributed by atoms with E-state index in [9.17, 15) is 8.42 Å². The Kier molecular flexibility index (Phi) is 4.45. The first-order valence-electron chi connectivity index (χ1n) is 6.24. The van der Waals surface area contributed by atoms with Crippen molar-refractivity contribution in [2.75, 3.05) is 18.1 Å². The van der Waals surface area contributed by atoms with Crippen LogP contribution in [0.25, 0.3) is 0 Å². The molecule has 0 saturated heterocycles. The zero-order chi connectivity index (χ0) is 13.2. The van der Waals surface area contributed by atoms with E-state index in [1.54, 1.807) is 6.92 Å². The summed E-state index contributed by atoms with van der Waals surface area (Å²) in [6, 6.07) is 6.51. The predicted molar refractivity (Wildman–Crippen MR) is 77.5 cm³/mol. The lowest BCUT2D eigenvalue weighted by atomic mass is 10.1. The highest BCUT2D eigenvalue weighted by Crippen LogP contribution is 2.35. The molecule has 1 aromatic rings. The SMILES string of the molecule is CCS(=O)(=O)CCNC1CCc2c(Br)cccc21. The van der Waals surface area contributed by atoms with E-state index in [1.807, 2.05) is 6.07 Å². The van der Waals surface area contributed by atoms with Gasteiger partial charge < -0.3 is 5.32 Å². The van der Waals surface area contributed by atoms with E-state index in [2.05, 4.69) is 33.4 Å². The molecule has 1 aromatic carbocycles. The maximum Gasteiger partial charge on any atom is 0.151 e. The van der Waals surface area contributed by atoms with E-state index in [0.29, 0.717) is 12.6 Å². The summed E-state index contributed by atoms with van der Waals surface area (Å²) in [6.45, 7) is 2.23. The third-order valence-corrected chi connectivity index (χ3v) is 5.91. The highest BCUT2D eigenvalue weighted by atomic mass is 79.9. The minimum atomic E-state index is -2.87. The van der Waals surface area contributed by atoms with Gasteiger partial charge in [0.05, 0.1) is 5.75 Å². The van der Waals surface area contributed by atoms with Crippen molar-refractivity contribution in [3.63, 3.8) is 0 Å². The van der Waals surface area contributed by atoms with Crippen LogP contribution in [-0.2, 0) is 16.3 Å². The topological polar surface area (TPSA) is 46.2 Å². The molecular weight excluding hydrogens is 314 g/mol. The van der Waals surface area contributed by atoms with E-state index < -0.39 is 9.84 Å². The van der Waals surface area contributed by atoms with Gasteiger partial charge in [0.2, 0.25) is 0 Å². The number of fused-ring (bicyclic) bond motifs is 1. The predicted octanol–water partition coefficient (Wildman–Crippen LogP) is 2.46. The van der Waals surface area contributed by atoms with E-state index in [0.717, 1.165) is 17.3 Å². The Bertz CT molecular complexity index is 528. The van der Waals surface area contributed by atoms with Gasteiger partial charge >= 0.3 is 0 Å². The molecule has 0 amide bonds. The Morgan fingerprint density at radius 1 is 1.44 bits per heavy atom. The molecule has 0 bridgehead atoms. The van der Waals surface area contributed by atoms with Gasteiger partial charge in [0, 0.05) is 22.8 Å². The number of halogens is 1. The van der Waals surface area contributed by atoms with Crippen LogP contribution in [0, 0.1) is 0 Å². The second kappa shape index (κ2) is 5.72. The number of hydrogen-bond donors (Lipinski definition) is 1. The van der Waals surface area contributed by atoms with E-state index >= 15 is 0 Å². The number of sulfone groups is 1. The highest BCUT2D eigenvalue weighted by Gasteiger charge is 2.23. The molecule has 1 atom stereocenters. The fourth-order valence-electron chi connectivity index (χ4n) is 2.35. The van der Waals surface area contributed by atoms with Crippen LogP contribution < -0.4 is 5.32 Å². The van der Waals surface area contributed by atoms with Crippen molar-refractivity contribution in [3.05, 3.63) is 33.8 Å². The summed E-state index contributed by atoms with van der Waals surface area (Å²) in [4.78, 5) is 0. The number of benzene rings is 1. The van der Waals surface area contributed by atoms with Gasteiger partial charge in [0.1, 0.15) is 0 Å². The first-order valence-corrected chi connectivity index (χ1v) is 8.86. The van der Waals surface area contributed by atoms with Crippen LogP contribution in [0.4, 0.5) is 0 Å². The molecular formula is C13H18BrNO2S. The van der Waals surface area contributed by atoms with Crippen molar-refractivity contribution in [1.82, 2.24) is 5.32 Å². The number of rotatable bonds is 5. The molecule has 100 valence electrons. The smallest absolute Gasteiger partial charge is 0.151 e. The lowest BCUT2D eigenvalue weighted by Gasteiger charge is -2.14. The van der Waals surface area contributed by atoms with Crippen molar-refractivity contribution < 1.29 is 8.42 Å². The average molecular weight is 332 g/mol. The molecule has 1 aliphatic carbocycles. The quantitative estimate of drug-likeness (QED) is 0.901. The van der Waals surface area contributed by atoms with E-state index in [4.69, 9.17) is 0 Å². The Labute approximate surface area is 117 Å². The molecule has 5 heteroatoms. The standard InChI is InChI=1S/C13H18BrNO2S/c1-2-18(16,17)9-8-15-13-7-6-10-11(13)4-3-5-12(10)14/h3-5,13,15H,2,6-9H2,1H3. The molecule has 0 fully saturated rings. The average Bonchev–Trinajstić information content (AvgIpc) is 2.74. The van der Waals surface area contributed by atoms with Gasteiger partial charge in [-0.15, -0.1) is 0 Å². The molecule has 2 rings (SSSR count). The Hall–Kier alpha value is -0.390. The van der Waals surface area contributed by atoms with Gasteiger partial charge in [-0.3, -0.25) is 0 Å². The zero-order valence-electron chi connectivity index (χ0n) is 10.4. The van der Waals surface area contributed by atoms with Crippen LogP contribution >= 0.6 is 15.9 Å². The third kappa shape index (κ3) is 3.13. The van der Waals surface area contributed by atoms with Gasteiger partial charge in [-0.25, -0.2) is 8.42 Å². The van der Waals surface area contributed by atoms with Crippen LogP contribution in [0.15, 0.2) is 22.7 Å². The molecule has 3 nitrogen and oxygen atoms in total. The molecule has 0 saturated carbocycles. The fraction of sp³-hybridized carbons (Fsp3) is 0.538. The Morgan fingerprint density at radius 3 is 2.94 bits per heavy atom. The largest absolute Gasteiger partial charge is 0.309 e. The molecule has 1 N–H and O–H groups in total. The van der Waals surface area contributed by atoms with Crippen LogP contribution in [0.5, 0.6) is 0 Å². The molecule has 1 unspecified atom stereocenters. The van der Waals surface area contributed by atoms with Crippen molar-refractivity contribution in [3.8, 4) is 0 Å². The van der Waals surface area contributed by atoms with Crippen molar-refractivity contribution >= 4 is 25.8 Å². The second-order valence-corrected chi connectivity index (χ2v) is 7.92. The second-order valence-electron chi connectivity index (χ2n) is 4.59. The highest BCUT2D eigenvalue weighted by molar-refractivity contribution is 9.10. The Balaban J connectivity index is 1.97. The monoisotopic (exact) mass is 331 g/mol. The number of nitrogens with one attached hydrogen (secondary N) is 1. The summed E-state index contributed by atoms with van der Waals surface area (Å²) in [7, 11) is -2.87. The van der Waals surface area contributed by atoms with Crippen molar-refractivity contribution in [2.45, 2.75) is 25.8 Å². The summed E-state index contributed by atoms with van der Waals surface area (Å²) < 4.78 is 24.0. The lowest BCUT2D eigenvalue weighted by molar-refractivity contribution is 0.541. The van der Waals surface area contributed by atoms with Gasteiger partial charge in [0.15, 0.2) is 9.84 Å². The Morgan fingerprint density at radius 2 is 2.22 bits per heavy atom. The molecule has 0 aliphatic heterocycles. The molecule has 0 aromatic heterocycles. The summed E-state index contributed by atoms with van der Waals surface area (Å²) in [5.74, 6) is 0.449. The number of hydrogen-bond acceptors (Lipinski definition) is 3. The molecule has 0 spiro atoms. The zero-order valence-corrected chi connectivity index (χ0v) is 12.9. The van der Waals surface area contributed by atoms with Crippen LogP contribution in [0.1, 0.15) is 30.5 Å². The molecule has 0 radical (unpaired) electrons. The van der Waals surface area contributed by atoms with Gasteiger partial charge in [0.25, 0.3) is 0 Å². The molecule has 18 heavy (non-hydrogen) atoms. The summed E-state index contributed by atoms with van der Waals surface area (Å²) in [5.41, 5.74) is 2.66. The maximum absolute atomic E-state index is 11.4. The fourth-order valence-corrected chi connectivity index (χ4v) is 3.65. The summed E-state index contributed by atoms with van der Waals surface area (Å²) in [5, 5.41) is 3.36. The minimum Gasteiger partial charge on any atom is -0.309 e. The minimum absolute atomic E-state index is 0.224. The van der Waals surface area contributed by atoms with Crippen LogP contribution in [-0.4, -0.2) is 26.5 Å². The van der Waals surface area contributed by atoms with Crippen molar-refractivity contribution in [1.29, 1.82) is 0 Å². The van der Waals surface area contributed by atoms with E-state index in [1.165, 1.54) is 11.1 Å². The summed E-state index contributed by atoms with van der Waals surface area (Å²) in [6.07, 6.45) is 2.10. The van der Waals surface area contributed by atoms with E-state index in [-0.39, 0.29) is 11.5 Å². The first-order chi connectivity index (χ1) is 8.53. The first kappa shape index (κ1) is 14.0. The summed E-state index contributed by atoms with van der Waals surface area (Å²) >= 11 is 3.56. The van der Waals surface area contributed by atoms with Crippen LogP contribution in [0.3, 0.4) is 0 Å². The van der Waals surface area contributed by atoms with Gasteiger partial charge in [-0.2, -0.15) is 0 Å². The maximum atomic E-state index is 11.4. The van der Waals surface area contributed by atoms with Crippen molar-refractivity contribution in [2.24, 2.45) is 0 Å². The lowest BCUT2D eigenvalue weighted by Crippen LogP contribution is -2.26. The molecule has 0 heterocycles.